The van der Waals surface area contributed by atoms with Gasteiger partial charge in [-0.25, -0.2) is 0 Å². The van der Waals surface area contributed by atoms with Crippen LogP contribution in [0.3, 0.4) is 0 Å². The first-order chi connectivity index (χ1) is 6.06. The fraction of sp³-hybridized carbons (Fsp3) is 1.00. The summed E-state index contributed by atoms with van der Waals surface area (Å²) in [6.45, 7) is 1.95. The molecule has 0 aromatic carbocycles. The SMILES string of the molecule is CO[C@@H]1C[C@@H](C)OC(O)[C@H]1N(C)C. The Morgan fingerprint density at radius 2 is 2.08 bits per heavy atom. The Morgan fingerprint density at radius 1 is 1.46 bits per heavy atom. The molecule has 0 spiro atoms. The standard InChI is InChI=1S/C9H19NO3/c1-6-5-7(12-4)8(10(2)3)9(11)13-6/h6-9,11H,5H2,1-4H3/t6-,7-,8+,9?/m1/s1. The van der Waals surface area contributed by atoms with E-state index in [1.54, 1.807) is 7.11 Å². The number of hydrogen-bond donors (Lipinski definition) is 1. The second-order valence-electron chi connectivity index (χ2n) is 3.80. The fourth-order valence-electron chi connectivity index (χ4n) is 1.85. The molecule has 1 rings (SSSR count). The average molecular weight is 189 g/mol. The van der Waals surface area contributed by atoms with Gasteiger partial charge < -0.3 is 14.6 Å². The summed E-state index contributed by atoms with van der Waals surface area (Å²) in [5.41, 5.74) is 0. The summed E-state index contributed by atoms with van der Waals surface area (Å²) in [7, 11) is 5.50. The Bertz CT molecular complexity index is 163. The van der Waals surface area contributed by atoms with Crippen LogP contribution in [0.25, 0.3) is 0 Å². The number of likely N-dealkylation sites (N-methyl/N-ethyl adjacent to an activating group) is 1. The van der Waals surface area contributed by atoms with E-state index in [1.807, 2.05) is 25.9 Å². The Balaban J connectivity index is 2.66. The number of rotatable bonds is 2. The lowest BCUT2D eigenvalue weighted by molar-refractivity contribution is -0.224. The van der Waals surface area contributed by atoms with Crippen LogP contribution in [-0.4, -0.2) is 55.8 Å². The molecule has 1 N–H and O–H groups in total. The number of aliphatic hydroxyl groups excluding tert-OH is 1. The average Bonchev–Trinajstić information content (AvgIpc) is 2.01. The Kier molecular flexibility index (Phi) is 3.67. The van der Waals surface area contributed by atoms with Crippen LogP contribution in [-0.2, 0) is 9.47 Å². The summed E-state index contributed by atoms with van der Waals surface area (Å²) in [6, 6.07) is -0.0683. The van der Waals surface area contributed by atoms with Crippen molar-refractivity contribution >= 4 is 0 Å². The topological polar surface area (TPSA) is 41.9 Å². The van der Waals surface area contributed by atoms with Crippen molar-refractivity contribution < 1.29 is 14.6 Å². The van der Waals surface area contributed by atoms with E-state index in [9.17, 15) is 5.11 Å². The van der Waals surface area contributed by atoms with Gasteiger partial charge in [0, 0.05) is 13.5 Å². The summed E-state index contributed by atoms with van der Waals surface area (Å²) >= 11 is 0. The monoisotopic (exact) mass is 189 g/mol. The van der Waals surface area contributed by atoms with Crippen LogP contribution in [0, 0.1) is 0 Å². The van der Waals surface area contributed by atoms with E-state index in [1.165, 1.54) is 0 Å². The molecule has 4 heteroatoms. The predicted octanol–water partition coefficient (Wildman–Crippen LogP) is 0.0588. The first-order valence-electron chi connectivity index (χ1n) is 4.59. The van der Waals surface area contributed by atoms with Gasteiger partial charge in [-0.1, -0.05) is 0 Å². The van der Waals surface area contributed by atoms with Gasteiger partial charge in [-0.2, -0.15) is 0 Å². The van der Waals surface area contributed by atoms with Crippen LogP contribution in [0.1, 0.15) is 13.3 Å². The Morgan fingerprint density at radius 3 is 2.54 bits per heavy atom. The van der Waals surface area contributed by atoms with Crippen molar-refractivity contribution in [3.63, 3.8) is 0 Å². The molecule has 0 bridgehead atoms. The molecule has 1 saturated heterocycles. The molecule has 1 heterocycles. The van der Waals surface area contributed by atoms with Gasteiger partial charge in [0.15, 0.2) is 6.29 Å². The molecule has 4 atom stereocenters. The Labute approximate surface area is 79.4 Å². The number of hydrogen-bond acceptors (Lipinski definition) is 4. The van der Waals surface area contributed by atoms with E-state index < -0.39 is 6.29 Å². The molecule has 0 saturated carbocycles. The van der Waals surface area contributed by atoms with Crippen molar-refractivity contribution in [1.29, 1.82) is 0 Å². The molecule has 0 amide bonds. The first kappa shape index (κ1) is 10.9. The van der Waals surface area contributed by atoms with Crippen molar-refractivity contribution in [2.45, 2.75) is 37.9 Å². The first-order valence-corrected chi connectivity index (χ1v) is 4.59. The maximum absolute atomic E-state index is 9.67. The van der Waals surface area contributed by atoms with Crippen molar-refractivity contribution in [2.75, 3.05) is 21.2 Å². The van der Waals surface area contributed by atoms with Gasteiger partial charge in [-0.3, -0.25) is 4.90 Å². The molecule has 1 fully saturated rings. The molecule has 0 aromatic heterocycles. The third-order valence-corrected chi connectivity index (χ3v) is 2.51. The third kappa shape index (κ3) is 2.40. The molecule has 1 aliphatic rings. The lowest BCUT2D eigenvalue weighted by Crippen LogP contribution is -2.55. The second kappa shape index (κ2) is 4.37. The lowest BCUT2D eigenvalue weighted by Gasteiger charge is -2.41. The number of nitrogens with zero attached hydrogens (tertiary/aromatic N) is 1. The quantitative estimate of drug-likeness (QED) is 0.667. The smallest absolute Gasteiger partial charge is 0.173 e. The third-order valence-electron chi connectivity index (χ3n) is 2.51. The second-order valence-corrected chi connectivity index (χ2v) is 3.80. The highest BCUT2D eigenvalue weighted by atomic mass is 16.6. The number of aliphatic hydroxyl groups is 1. The van der Waals surface area contributed by atoms with Crippen LogP contribution in [0.15, 0.2) is 0 Å². The van der Waals surface area contributed by atoms with Crippen molar-refractivity contribution in [2.24, 2.45) is 0 Å². The van der Waals surface area contributed by atoms with Crippen LogP contribution in [0.4, 0.5) is 0 Å². The van der Waals surface area contributed by atoms with Crippen LogP contribution in [0.5, 0.6) is 0 Å². The zero-order valence-corrected chi connectivity index (χ0v) is 8.73. The van der Waals surface area contributed by atoms with Crippen LogP contribution >= 0.6 is 0 Å². The highest BCUT2D eigenvalue weighted by Gasteiger charge is 2.37. The lowest BCUT2D eigenvalue weighted by atomic mass is 10.00. The van der Waals surface area contributed by atoms with Crippen molar-refractivity contribution in [3.05, 3.63) is 0 Å². The van der Waals surface area contributed by atoms with Crippen LogP contribution < -0.4 is 0 Å². The molecule has 1 unspecified atom stereocenters. The van der Waals surface area contributed by atoms with E-state index in [0.29, 0.717) is 0 Å². The molecule has 0 aromatic rings. The zero-order valence-electron chi connectivity index (χ0n) is 8.73. The number of methoxy groups -OCH3 is 1. The molecule has 13 heavy (non-hydrogen) atoms. The van der Waals surface area contributed by atoms with Gasteiger partial charge in [0.05, 0.1) is 18.2 Å². The van der Waals surface area contributed by atoms with E-state index in [2.05, 4.69) is 0 Å². The normalized spacial score (nSPS) is 41.1. The minimum Gasteiger partial charge on any atom is -0.380 e. The largest absolute Gasteiger partial charge is 0.380 e. The van der Waals surface area contributed by atoms with Gasteiger partial charge in [0.1, 0.15) is 0 Å². The van der Waals surface area contributed by atoms with Gasteiger partial charge >= 0.3 is 0 Å². The minimum atomic E-state index is -0.747. The van der Waals surface area contributed by atoms with E-state index in [0.717, 1.165) is 6.42 Å². The maximum Gasteiger partial charge on any atom is 0.173 e. The van der Waals surface area contributed by atoms with Gasteiger partial charge in [0.25, 0.3) is 0 Å². The van der Waals surface area contributed by atoms with Crippen molar-refractivity contribution in [1.82, 2.24) is 4.90 Å². The molecular weight excluding hydrogens is 170 g/mol. The van der Waals surface area contributed by atoms with Gasteiger partial charge in [-0.15, -0.1) is 0 Å². The highest BCUT2D eigenvalue weighted by molar-refractivity contribution is 4.85. The van der Waals surface area contributed by atoms with Crippen LogP contribution in [0.2, 0.25) is 0 Å². The maximum atomic E-state index is 9.67. The van der Waals surface area contributed by atoms with E-state index in [-0.39, 0.29) is 18.2 Å². The molecular formula is C9H19NO3. The molecule has 4 nitrogen and oxygen atoms in total. The fourth-order valence-corrected chi connectivity index (χ4v) is 1.85. The summed E-state index contributed by atoms with van der Waals surface area (Å²) < 4.78 is 10.7. The van der Waals surface area contributed by atoms with E-state index >= 15 is 0 Å². The Hall–Kier alpha value is -0.160. The molecule has 0 radical (unpaired) electrons. The van der Waals surface area contributed by atoms with Gasteiger partial charge in [0.2, 0.25) is 0 Å². The van der Waals surface area contributed by atoms with Gasteiger partial charge in [-0.05, 0) is 21.0 Å². The van der Waals surface area contributed by atoms with Crippen molar-refractivity contribution in [3.8, 4) is 0 Å². The highest BCUT2D eigenvalue weighted by Crippen LogP contribution is 2.23. The molecule has 78 valence electrons. The summed E-state index contributed by atoms with van der Waals surface area (Å²) in [5.74, 6) is 0. The summed E-state index contributed by atoms with van der Waals surface area (Å²) in [4.78, 5) is 1.94. The minimum absolute atomic E-state index is 0.0498. The zero-order chi connectivity index (χ0) is 10.0. The number of ether oxygens (including phenoxy) is 2. The molecule has 1 aliphatic heterocycles. The molecule has 0 aliphatic carbocycles. The summed E-state index contributed by atoms with van der Waals surface area (Å²) in [5, 5.41) is 9.67. The summed E-state index contributed by atoms with van der Waals surface area (Å²) in [6.07, 6.45) is 0.199. The predicted molar refractivity (Wildman–Crippen MR) is 49.4 cm³/mol. The van der Waals surface area contributed by atoms with E-state index in [4.69, 9.17) is 9.47 Å².